The molecule has 0 aliphatic carbocycles. The smallest absolute Gasteiger partial charge is 0.256 e. The number of nitrogens with one attached hydrogen (secondary N) is 1. The van der Waals surface area contributed by atoms with Crippen LogP contribution < -0.4 is 5.32 Å². The standard InChI is InChI=1S/C5H10NOS/c1-3-6-5(8)7-4-2/h2-4H2,1H3,(H,6,8). The molecule has 0 aromatic rings. The van der Waals surface area contributed by atoms with E-state index >= 15 is 0 Å². The fourth-order valence-corrected chi connectivity index (χ4v) is 0.516. The van der Waals surface area contributed by atoms with Gasteiger partial charge in [-0.1, -0.05) is 0 Å². The lowest BCUT2D eigenvalue weighted by atomic mass is 10.8. The van der Waals surface area contributed by atoms with Gasteiger partial charge in [0.05, 0.1) is 6.61 Å². The van der Waals surface area contributed by atoms with Crippen LogP contribution in [0.2, 0.25) is 0 Å². The third-order valence-corrected chi connectivity index (χ3v) is 0.816. The Bertz CT molecular complexity index is 66.8. The first kappa shape index (κ1) is 7.69. The molecule has 0 heterocycles. The van der Waals surface area contributed by atoms with Crippen LogP contribution in [-0.4, -0.2) is 18.3 Å². The Kier molecular flexibility index (Phi) is 4.65. The zero-order chi connectivity index (χ0) is 6.41. The molecule has 0 rings (SSSR count). The molecule has 0 fully saturated rings. The topological polar surface area (TPSA) is 21.3 Å². The van der Waals surface area contributed by atoms with E-state index in [1.807, 2.05) is 6.92 Å². The normalized spacial score (nSPS) is 8.25. The second kappa shape index (κ2) is 4.84. The highest BCUT2D eigenvalue weighted by Crippen LogP contribution is 1.74. The molecule has 0 amide bonds. The van der Waals surface area contributed by atoms with Crippen LogP contribution in [0.25, 0.3) is 0 Å². The highest BCUT2D eigenvalue weighted by molar-refractivity contribution is 7.80. The highest BCUT2D eigenvalue weighted by Gasteiger charge is 1.87. The van der Waals surface area contributed by atoms with Crippen LogP contribution in [0.5, 0.6) is 0 Å². The van der Waals surface area contributed by atoms with Crippen molar-refractivity contribution in [2.45, 2.75) is 6.92 Å². The number of ether oxygens (including phenoxy) is 1. The minimum atomic E-state index is 0.395. The van der Waals surface area contributed by atoms with Crippen LogP contribution >= 0.6 is 12.2 Å². The van der Waals surface area contributed by atoms with Crippen molar-refractivity contribution in [2.24, 2.45) is 0 Å². The van der Waals surface area contributed by atoms with E-state index in [0.717, 1.165) is 6.54 Å². The second-order valence-corrected chi connectivity index (χ2v) is 1.54. The maximum atomic E-state index is 4.79. The van der Waals surface area contributed by atoms with Crippen LogP contribution in [0.3, 0.4) is 0 Å². The van der Waals surface area contributed by atoms with Crippen molar-refractivity contribution >= 4 is 17.4 Å². The van der Waals surface area contributed by atoms with Crippen molar-refractivity contribution in [2.75, 3.05) is 13.2 Å². The molecule has 8 heavy (non-hydrogen) atoms. The molecular formula is C5H10NOS. The first-order valence-corrected chi connectivity index (χ1v) is 2.92. The molecule has 47 valence electrons. The summed E-state index contributed by atoms with van der Waals surface area (Å²) in [5.41, 5.74) is 0. The van der Waals surface area contributed by atoms with E-state index in [-0.39, 0.29) is 0 Å². The molecule has 2 nitrogen and oxygen atoms in total. The van der Waals surface area contributed by atoms with Crippen molar-refractivity contribution in [1.29, 1.82) is 0 Å². The van der Waals surface area contributed by atoms with Gasteiger partial charge in [0.1, 0.15) is 0 Å². The molecule has 0 aliphatic heterocycles. The molecule has 0 saturated carbocycles. The maximum absolute atomic E-state index is 4.79. The molecule has 0 atom stereocenters. The average Bonchev–Trinajstić information content (AvgIpc) is 1.68. The molecule has 1 N–H and O–H groups in total. The van der Waals surface area contributed by atoms with Crippen molar-refractivity contribution in [3.8, 4) is 0 Å². The number of hydrogen-bond donors (Lipinski definition) is 1. The summed E-state index contributed by atoms with van der Waals surface area (Å²) in [6, 6.07) is 0. The third kappa shape index (κ3) is 3.87. The van der Waals surface area contributed by atoms with Crippen LogP contribution in [-0.2, 0) is 4.74 Å². The Balaban J connectivity index is 3.06. The Labute approximate surface area is 55.2 Å². The quantitative estimate of drug-likeness (QED) is 0.560. The first-order valence-electron chi connectivity index (χ1n) is 2.51. The first-order chi connectivity index (χ1) is 3.81. The molecule has 0 aliphatic rings. The van der Waals surface area contributed by atoms with Crippen LogP contribution in [0.15, 0.2) is 0 Å². The summed E-state index contributed by atoms with van der Waals surface area (Å²) in [4.78, 5) is 0. The maximum Gasteiger partial charge on any atom is 0.256 e. The van der Waals surface area contributed by atoms with Crippen LogP contribution in [0.1, 0.15) is 6.92 Å². The second-order valence-electron chi connectivity index (χ2n) is 1.17. The SMILES string of the molecule is [CH2]COC(=S)NCC. The molecule has 0 unspecified atom stereocenters. The number of hydrogen-bond acceptors (Lipinski definition) is 2. The summed E-state index contributed by atoms with van der Waals surface area (Å²) < 4.78 is 4.79. The molecule has 1 radical (unpaired) electrons. The predicted molar refractivity (Wildman–Crippen MR) is 37.6 cm³/mol. The Hall–Kier alpha value is -0.310. The molecule has 0 bridgehead atoms. The van der Waals surface area contributed by atoms with Crippen LogP contribution in [0.4, 0.5) is 0 Å². The Morgan fingerprint density at radius 1 is 1.88 bits per heavy atom. The largest absolute Gasteiger partial charge is 0.471 e. The number of rotatable bonds is 2. The minimum Gasteiger partial charge on any atom is -0.471 e. The fourth-order valence-electron chi connectivity index (χ4n) is 0.288. The summed E-state index contributed by atoms with van der Waals surface area (Å²) in [6.07, 6.45) is 0. The summed E-state index contributed by atoms with van der Waals surface area (Å²) in [6.45, 7) is 6.61. The summed E-state index contributed by atoms with van der Waals surface area (Å²) in [5.74, 6) is 0. The van der Waals surface area contributed by atoms with E-state index in [9.17, 15) is 0 Å². The monoisotopic (exact) mass is 132 g/mol. The van der Waals surface area contributed by atoms with Gasteiger partial charge >= 0.3 is 0 Å². The highest BCUT2D eigenvalue weighted by atomic mass is 32.1. The summed E-state index contributed by atoms with van der Waals surface area (Å²) in [7, 11) is 0. The Morgan fingerprint density at radius 3 is 2.88 bits per heavy atom. The van der Waals surface area contributed by atoms with Crippen molar-refractivity contribution < 1.29 is 4.74 Å². The molecule has 0 aromatic heterocycles. The van der Waals surface area contributed by atoms with Gasteiger partial charge in [0.25, 0.3) is 5.17 Å². The van der Waals surface area contributed by atoms with E-state index < -0.39 is 0 Å². The summed E-state index contributed by atoms with van der Waals surface area (Å²) in [5, 5.41) is 3.25. The van der Waals surface area contributed by atoms with Crippen molar-refractivity contribution in [3.05, 3.63) is 6.92 Å². The van der Waals surface area contributed by atoms with Crippen molar-refractivity contribution in [3.63, 3.8) is 0 Å². The average molecular weight is 132 g/mol. The lowest BCUT2D eigenvalue weighted by Crippen LogP contribution is -2.23. The molecule has 0 spiro atoms. The van der Waals surface area contributed by atoms with E-state index in [1.165, 1.54) is 0 Å². The van der Waals surface area contributed by atoms with Crippen LogP contribution in [0, 0.1) is 6.92 Å². The lowest BCUT2D eigenvalue weighted by Gasteiger charge is -2.03. The van der Waals surface area contributed by atoms with Gasteiger partial charge in [0, 0.05) is 6.54 Å². The number of thiocarbonyl (C=S) groups is 1. The van der Waals surface area contributed by atoms with Gasteiger partial charge in [-0.3, -0.25) is 0 Å². The minimum absolute atomic E-state index is 0.395. The van der Waals surface area contributed by atoms with Gasteiger partial charge in [-0.15, -0.1) is 0 Å². The van der Waals surface area contributed by atoms with Gasteiger partial charge in [0.2, 0.25) is 0 Å². The molecule has 0 aromatic carbocycles. The molecule has 3 heteroatoms. The van der Waals surface area contributed by atoms with Gasteiger partial charge in [0.15, 0.2) is 0 Å². The van der Waals surface area contributed by atoms with E-state index in [1.54, 1.807) is 0 Å². The fraction of sp³-hybridized carbons (Fsp3) is 0.600. The van der Waals surface area contributed by atoms with E-state index in [2.05, 4.69) is 24.5 Å². The molecule has 0 saturated heterocycles. The Morgan fingerprint density at radius 2 is 2.50 bits per heavy atom. The zero-order valence-corrected chi connectivity index (χ0v) is 5.75. The van der Waals surface area contributed by atoms with Gasteiger partial charge < -0.3 is 10.1 Å². The lowest BCUT2D eigenvalue weighted by molar-refractivity contribution is 0.341. The van der Waals surface area contributed by atoms with E-state index in [0.29, 0.717) is 11.8 Å². The van der Waals surface area contributed by atoms with Gasteiger partial charge in [-0.25, -0.2) is 0 Å². The van der Waals surface area contributed by atoms with Crippen molar-refractivity contribution in [1.82, 2.24) is 5.32 Å². The summed E-state index contributed by atoms with van der Waals surface area (Å²) >= 11 is 4.68. The van der Waals surface area contributed by atoms with E-state index in [4.69, 9.17) is 4.74 Å². The van der Waals surface area contributed by atoms with Gasteiger partial charge in [-0.05, 0) is 26.1 Å². The zero-order valence-electron chi connectivity index (χ0n) is 4.94. The van der Waals surface area contributed by atoms with Gasteiger partial charge in [-0.2, -0.15) is 0 Å². The molecular weight excluding hydrogens is 122 g/mol. The third-order valence-electron chi connectivity index (χ3n) is 0.554. The predicted octanol–water partition coefficient (Wildman–Crippen LogP) is 0.731.